The van der Waals surface area contributed by atoms with E-state index in [9.17, 15) is 4.79 Å². The van der Waals surface area contributed by atoms with Crippen LogP contribution in [0, 0.1) is 10.7 Å². The summed E-state index contributed by atoms with van der Waals surface area (Å²) in [6, 6.07) is 20.7. The number of nitrogens with zero attached hydrogens (tertiary/aromatic N) is 4. The lowest BCUT2D eigenvalue weighted by Crippen LogP contribution is -2.25. The van der Waals surface area contributed by atoms with Gasteiger partial charge in [-0.3, -0.25) is 4.79 Å². The number of hydrogen-bond acceptors (Lipinski definition) is 7. The Bertz CT molecular complexity index is 1640. The van der Waals surface area contributed by atoms with Crippen LogP contribution in [0.3, 0.4) is 0 Å². The topological polar surface area (TPSA) is 59.8 Å². The first kappa shape index (κ1) is 30.1. The predicted molar refractivity (Wildman–Crippen MR) is 178 cm³/mol. The van der Waals surface area contributed by atoms with Crippen LogP contribution in [0.4, 0.5) is 11.4 Å². The van der Waals surface area contributed by atoms with Crippen LogP contribution in [-0.4, -0.2) is 51.0 Å². The van der Waals surface area contributed by atoms with Crippen molar-refractivity contribution in [3.63, 3.8) is 0 Å². The number of carbonyl (C=O) groups is 1. The first-order chi connectivity index (χ1) is 20.9. The number of hydrogen-bond donors (Lipinski definition) is 0. The van der Waals surface area contributed by atoms with Gasteiger partial charge in [-0.2, -0.15) is 5.26 Å². The SMILES string of the molecule is CCN(CC)C1=CC(=O)/C(=C2\c3ccc(N(C)C)cc3Oc3cc(N(CC)CCc4ccc(SC#N)cc4)ccc32)C=C1. The van der Waals surface area contributed by atoms with Crippen LogP contribution in [0.15, 0.2) is 95.1 Å². The van der Waals surface area contributed by atoms with Gasteiger partial charge in [-0.15, -0.1) is 0 Å². The molecule has 0 amide bonds. The fourth-order valence-corrected chi connectivity index (χ4v) is 6.02. The van der Waals surface area contributed by atoms with Gasteiger partial charge in [-0.25, -0.2) is 0 Å². The fourth-order valence-electron chi connectivity index (χ4n) is 5.65. The highest BCUT2D eigenvalue weighted by Gasteiger charge is 2.29. The summed E-state index contributed by atoms with van der Waals surface area (Å²) >= 11 is 1.18. The molecular weight excluding hydrogens is 552 g/mol. The monoisotopic (exact) mass is 590 g/mol. The smallest absolute Gasteiger partial charge is 0.188 e. The number of allylic oxidation sites excluding steroid dienone is 4. The van der Waals surface area contributed by atoms with E-state index in [1.807, 2.05) is 38.4 Å². The van der Waals surface area contributed by atoms with Crippen molar-refractivity contribution in [1.82, 2.24) is 4.90 Å². The van der Waals surface area contributed by atoms with Crippen LogP contribution in [-0.2, 0) is 11.2 Å². The van der Waals surface area contributed by atoms with E-state index in [0.29, 0.717) is 5.57 Å². The molecule has 0 fully saturated rings. The molecule has 0 saturated heterocycles. The maximum Gasteiger partial charge on any atom is 0.188 e. The summed E-state index contributed by atoms with van der Waals surface area (Å²) in [4.78, 5) is 21.2. The van der Waals surface area contributed by atoms with Crippen molar-refractivity contribution in [2.45, 2.75) is 32.1 Å². The van der Waals surface area contributed by atoms with E-state index in [2.05, 4.69) is 89.4 Å². The Hall–Kier alpha value is -4.41. The maximum absolute atomic E-state index is 13.6. The number of likely N-dealkylation sites (N-methyl/N-ethyl adjacent to an activating group) is 2. The number of thiocyanates is 1. The Balaban J connectivity index is 1.51. The standard InChI is InChI=1S/C36H38N4O2S/c1-6-39(7-2)27-12-16-30(33(41)21-27)36-31-17-11-26(38(4)5)22-34(31)42-35-23-28(13-18-32(35)36)40(8-3)20-19-25-9-14-29(15-10-25)43-24-37/h9-18,21-23H,6-8,19-20H2,1-5H3/b36-30+. The predicted octanol–water partition coefficient (Wildman–Crippen LogP) is 7.67. The van der Waals surface area contributed by atoms with Crippen LogP contribution in [0.1, 0.15) is 37.5 Å². The number of fused-ring (bicyclic) bond motifs is 2. The van der Waals surface area contributed by atoms with E-state index in [0.717, 1.165) is 82.8 Å². The summed E-state index contributed by atoms with van der Waals surface area (Å²) in [6.07, 6.45) is 6.67. The minimum atomic E-state index is 0.00772. The van der Waals surface area contributed by atoms with Gasteiger partial charge >= 0.3 is 0 Å². The maximum atomic E-state index is 13.6. The zero-order chi connectivity index (χ0) is 30.5. The number of benzene rings is 3. The van der Waals surface area contributed by atoms with Crippen LogP contribution >= 0.6 is 11.8 Å². The van der Waals surface area contributed by atoms with E-state index in [4.69, 9.17) is 10.00 Å². The molecule has 6 nitrogen and oxygen atoms in total. The number of ether oxygens (including phenoxy) is 1. The molecule has 0 unspecified atom stereocenters. The molecule has 0 spiro atoms. The third-order valence-corrected chi connectivity index (χ3v) is 8.67. The molecule has 220 valence electrons. The van der Waals surface area contributed by atoms with Crippen molar-refractivity contribution >= 4 is 34.5 Å². The Morgan fingerprint density at radius 2 is 1.44 bits per heavy atom. The van der Waals surface area contributed by atoms with Gasteiger partial charge in [0.2, 0.25) is 0 Å². The van der Waals surface area contributed by atoms with E-state index in [1.54, 1.807) is 6.08 Å². The summed E-state index contributed by atoms with van der Waals surface area (Å²) in [5.74, 6) is 1.50. The van der Waals surface area contributed by atoms with Crippen LogP contribution in [0.25, 0.3) is 5.57 Å². The lowest BCUT2D eigenvalue weighted by molar-refractivity contribution is -0.111. The molecule has 0 aromatic heterocycles. The lowest BCUT2D eigenvalue weighted by Gasteiger charge is -2.29. The second-order valence-corrected chi connectivity index (χ2v) is 11.6. The Morgan fingerprint density at radius 1 is 0.814 bits per heavy atom. The highest BCUT2D eigenvalue weighted by molar-refractivity contribution is 8.03. The third kappa shape index (κ3) is 6.35. The van der Waals surface area contributed by atoms with Crippen molar-refractivity contribution in [1.29, 1.82) is 5.26 Å². The summed E-state index contributed by atoms with van der Waals surface area (Å²) < 4.78 is 6.58. The quantitative estimate of drug-likeness (QED) is 0.107. The number of nitriles is 1. The minimum Gasteiger partial charge on any atom is -0.456 e. The molecule has 0 bridgehead atoms. The van der Waals surface area contributed by atoms with Crippen LogP contribution < -0.4 is 14.5 Å². The zero-order valence-electron chi connectivity index (χ0n) is 25.6. The van der Waals surface area contributed by atoms with Gasteiger partial charge in [0.25, 0.3) is 0 Å². The summed E-state index contributed by atoms with van der Waals surface area (Å²) in [5.41, 5.74) is 7.70. The van der Waals surface area contributed by atoms with Crippen molar-refractivity contribution < 1.29 is 9.53 Å². The average Bonchev–Trinajstić information content (AvgIpc) is 3.01. The fraction of sp³-hybridized carbons (Fsp3) is 0.278. The molecule has 43 heavy (non-hydrogen) atoms. The summed E-state index contributed by atoms with van der Waals surface area (Å²) in [5, 5.41) is 11.0. The molecule has 1 heterocycles. The van der Waals surface area contributed by atoms with Gasteiger partial charge in [0.05, 0.1) is 0 Å². The highest BCUT2D eigenvalue weighted by Crippen LogP contribution is 2.48. The molecule has 5 rings (SSSR count). The van der Waals surface area contributed by atoms with Crippen LogP contribution in [0.5, 0.6) is 11.5 Å². The first-order valence-corrected chi connectivity index (χ1v) is 15.7. The molecule has 3 aromatic rings. The molecule has 1 aliphatic carbocycles. The van der Waals surface area contributed by atoms with Gasteiger partial charge in [0.1, 0.15) is 16.9 Å². The second kappa shape index (κ2) is 13.3. The van der Waals surface area contributed by atoms with E-state index in [-0.39, 0.29) is 5.78 Å². The number of thioether (sulfide) groups is 1. The van der Waals surface area contributed by atoms with Gasteiger partial charge in [-0.05, 0) is 93.1 Å². The number of carbonyl (C=O) groups excluding carboxylic acids is 1. The van der Waals surface area contributed by atoms with Crippen molar-refractivity contribution in [2.24, 2.45) is 0 Å². The average molecular weight is 591 g/mol. The van der Waals surface area contributed by atoms with Gasteiger partial charge in [0, 0.05) is 103 Å². The molecule has 3 aromatic carbocycles. The highest BCUT2D eigenvalue weighted by atomic mass is 32.2. The van der Waals surface area contributed by atoms with E-state index >= 15 is 0 Å². The lowest BCUT2D eigenvalue weighted by atomic mass is 9.86. The summed E-state index contributed by atoms with van der Waals surface area (Å²) in [6.45, 7) is 9.75. The van der Waals surface area contributed by atoms with Gasteiger partial charge in [-0.1, -0.05) is 12.1 Å². The Kier molecular flexibility index (Phi) is 9.27. The molecule has 0 N–H and O–H groups in total. The van der Waals surface area contributed by atoms with Crippen LogP contribution in [0.2, 0.25) is 0 Å². The molecule has 7 heteroatoms. The van der Waals surface area contributed by atoms with Crippen molar-refractivity contribution in [3.05, 3.63) is 107 Å². The molecule has 0 atom stereocenters. The van der Waals surface area contributed by atoms with Crippen molar-refractivity contribution in [2.75, 3.05) is 50.1 Å². The largest absolute Gasteiger partial charge is 0.456 e. The zero-order valence-corrected chi connectivity index (χ0v) is 26.4. The normalized spacial score (nSPS) is 15.2. The van der Waals surface area contributed by atoms with E-state index < -0.39 is 0 Å². The molecule has 0 saturated carbocycles. The minimum absolute atomic E-state index is 0.00772. The molecular formula is C36H38N4O2S. The summed E-state index contributed by atoms with van der Waals surface area (Å²) in [7, 11) is 4.02. The molecule has 1 aliphatic heterocycles. The second-order valence-electron chi connectivity index (χ2n) is 10.8. The Labute approximate surface area is 259 Å². The van der Waals surface area contributed by atoms with Gasteiger partial charge in [0.15, 0.2) is 5.78 Å². The van der Waals surface area contributed by atoms with Gasteiger partial charge < -0.3 is 19.4 Å². The molecule has 0 radical (unpaired) electrons. The Morgan fingerprint density at radius 3 is 2.02 bits per heavy atom. The van der Waals surface area contributed by atoms with Crippen molar-refractivity contribution in [3.8, 4) is 16.9 Å². The number of rotatable bonds is 10. The number of ketones is 1. The first-order valence-electron chi connectivity index (χ1n) is 14.8. The number of anilines is 2. The van der Waals surface area contributed by atoms with E-state index in [1.165, 1.54) is 17.3 Å². The third-order valence-electron chi connectivity index (χ3n) is 8.07. The molecule has 2 aliphatic rings.